The van der Waals surface area contributed by atoms with E-state index in [1.54, 1.807) is 12.1 Å². The summed E-state index contributed by atoms with van der Waals surface area (Å²) in [6.07, 6.45) is 2.13. The summed E-state index contributed by atoms with van der Waals surface area (Å²) in [6, 6.07) is 13.0. The topological polar surface area (TPSA) is 104 Å². The molecule has 0 aromatic heterocycles. The van der Waals surface area contributed by atoms with Crippen molar-refractivity contribution in [3.63, 3.8) is 0 Å². The van der Waals surface area contributed by atoms with Gasteiger partial charge >= 0.3 is 0 Å². The molecule has 9 heteroatoms. The van der Waals surface area contributed by atoms with Crippen molar-refractivity contribution in [1.82, 2.24) is 10.2 Å². The Bertz CT molecular complexity index is 1150. The van der Waals surface area contributed by atoms with Crippen LogP contribution in [0, 0.1) is 6.92 Å². The third-order valence-corrected chi connectivity index (χ3v) is 6.77. The molecule has 0 heterocycles. The van der Waals surface area contributed by atoms with Crippen LogP contribution in [0.2, 0.25) is 0 Å². The van der Waals surface area contributed by atoms with Crippen molar-refractivity contribution in [3.05, 3.63) is 65.2 Å². The first kappa shape index (κ1) is 28.0. The largest absolute Gasteiger partial charge is 0.354 e. The number of anilines is 1. The summed E-state index contributed by atoms with van der Waals surface area (Å²) in [5.41, 5.74) is 2.45. The first-order chi connectivity index (χ1) is 16.5. The maximum absolute atomic E-state index is 13.6. The molecule has 0 aliphatic heterocycles. The molecule has 1 N–H and O–H groups in total. The van der Waals surface area contributed by atoms with Gasteiger partial charge in [0.05, 0.1) is 11.9 Å². The standard InChI is InChI=1S/C26H35N3O5S/c1-6-15-27-26(32)24(7-2)28(17-21-13-11-19(3)12-14-21)25(31)18-29(35(5,33)34)23-10-8-9-22(16-23)20(4)30/h8-14,16,24H,6-7,15,17-18H2,1-5H3,(H,27,32)/t24-/m1/s1. The van der Waals surface area contributed by atoms with Gasteiger partial charge in [-0.15, -0.1) is 0 Å². The van der Waals surface area contributed by atoms with Crippen LogP contribution >= 0.6 is 0 Å². The molecule has 0 spiro atoms. The van der Waals surface area contributed by atoms with Gasteiger partial charge in [0.1, 0.15) is 12.6 Å². The van der Waals surface area contributed by atoms with Crippen LogP contribution in [0.4, 0.5) is 5.69 Å². The summed E-state index contributed by atoms with van der Waals surface area (Å²) in [6.45, 7) is 7.24. The molecular weight excluding hydrogens is 466 g/mol. The van der Waals surface area contributed by atoms with E-state index in [4.69, 9.17) is 0 Å². The smallest absolute Gasteiger partial charge is 0.244 e. The number of Topliss-reactive ketones (excluding diaryl/α,β-unsaturated/α-hetero) is 1. The number of nitrogens with one attached hydrogen (secondary N) is 1. The highest BCUT2D eigenvalue weighted by atomic mass is 32.2. The van der Waals surface area contributed by atoms with Gasteiger partial charge in [-0.3, -0.25) is 18.7 Å². The van der Waals surface area contributed by atoms with Crippen LogP contribution in [0.15, 0.2) is 48.5 Å². The highest BCUT2D eigenvalue weighted by molar-refractivity contribution is 7.92. The van der Waals surface area contributed by atoms with Crippen molar-refractivity contribution in [2.75, 3.05) is 23.7 Å². The molecule has 0 aliphatic rings. The number of rotatable bonds is 12. The third kappa shape index (κ3) is 7.92. The predicted molar refractivity (Wildman–Crippen MR) is 138 cm³/mol. The van der Waals surface area contributed by atoms with Crippen LogP contribution in [-0.4, -0.2) is 56.3 Å². The Balaban J connectivity index is 2.45. The van der Waals surface area contributed by atoms with Crippen molar-refractivity contribution in [1.29, 1.82) is 0 Å². The quantitative estimate of drug-likeness (QED) is 0.450. The Morgan fingerprint density at radius 2 is 1.69 bits per heavy atom. The number of aryl methyl sites for hydroxylation is 1. The number of benzene rings is 2. The number of carbonyl (C=O) groups is 3. The summed E-state index contributed by atoms with van der Waals surface area (Å²) < 4.78 is 26.3. The Labute approximate surface area is 208 Å². The monoisotopic (exact) mass is 501 g/mol. The molecule has 8 nitrogen and oxygen atoms in total. The lowest BCUT2D eigenvalue weighted by Gasteiger charge is -2.33. The van der Waals surface area contributed by atoms with Crippen molar-refractivity contribution in [3.8, 4) is 0 Å². The SMILES string of the molecule is CCCNC(=O)[C@@H](CC)N(Cc1ccc(C)cc1)C(=O)CN(c1cccc(C(C)=O)c1)S(C)(=O)=O. The number of ketones is 1. The van der Waals surface area contributed by atoms with Crippen LogP contribution in [-0.2, 0) is 26.2 Å². The maximum Gasteiger partial charge on any atom is 0.244 e. The maximum atomic E-state index is 13.6. The molecule has 2 amide bonds. The Morgan fingerprint density at radius 1 is 1.03 bits per heavy atom. The van der Waals surface area contributed by atoms with Crippen molar-refractivity contribution < 1.29 is 22.8 Å². The number of carbonyl (C=O) groups excluding carboxylic acids is 3. The Morgan fingerprint density at radius 3 is 2.23 bits per heavy atom. The zero-order chi connectivity index (χ0) is 26.2. The third-order valence-electron chi connectivity index (χ3n) is 5.63. The van der Waals surface area contributed by atoms with E-state index in [0.717, 1.165) is 28.1 Å². The van der Waals surface area contributed by atoms with Gasteiger partial charge in [-0.25, -0.2) is 8.42 Å². The molecule has 35 heavy (non-hydrogen) atoms. The average Bonchev–Trinajstić information content (AvgIpc) is 2.81. The van der Waals surface area contributed by atoms with Crippen molar-refractivity contribution >= 4 is 33.3 Å². The summed E-state index contributed by atoms with van der Waals surface area (Å²) >= 11 is 0. The van der Waals surface area contributed by atoms with Gasteiger partial charge < -0.3 is 10.2 Å². The molecule has 0 bridgehead atoms. The number of hydrogen-bond acceptors (Lipinski definition) is 5. The normalized spacial score (nSPS) is 12.0. The second-order valence-electron chi connectivity index (χ2n) is 8.60. The van der Waals surface area contributed by atoms with E-state index in [2.05, 4.69) is 5.32 Å². The zero-order valence-electron chi connectivity index (χ0n) is 21.1. The van der Waals surface area contributed by atoms with Crippen LogP contribution in [0.1, 0.15) is 55.1 Å². The first-order valence-corrected chi connectivity index (χ1v) is 13.5. The molecular formula is C26H35N3O5S. The zero-order valence-corrected chi connectivity index (χ0v) is 21.9. The highest BCUT2D eigenvalue weighted by Crippen LogP contribution is 2.21. The number of nitrogens with zero attached hydrogens (tertiary/aromatic N) is 2. The van der Waals surface area contributed by atoms with Crippen LogP contribution < -0.4 is 9.62 Å². The van der Waals surface area contributed by atoms with Gasteiger partial charge in [0.2, 0.25) is 21.8 Å². The minimum Gasteiger partial charge on any atom is -0.354 e. The van der Waals surface area contributed by atoms with Gasteiger partial charge in [-0.1, -0.05) is 55.8 Å². The van der Waals surface area contributed by atoms with Gasteiger partial charge in [-0.05, 0) is 44.4 Å². The lowest BCUT2D eigenvalue weighted by atomic mass is 10.1. The fourth-order valence-electron chi connectivity index (χ4n) is 3.67. The summed E-state index contributed by atoms with van der Waals surface area (Å²) in [4.78, 5) is 39.8. The number of hydrogen-bond donors (Lipinski definition) is 1. The number of amides is 2. The first-order valence-electron chi connectivity index (χ1n) is 11.7. The summed E-state index contributed by atoms with van der Waals surface area (Å²) in [5, 5.41) is 2.85. The van der Waals surface area contributed by atoms with E-state index in [0.29, 0.717) is 18.5 Å². The molecule has 0 saturated heterocycles. The van der Waals surface area contributed by atoms with Gasteiger partial charge in [0.15, 0.2) is 5.78 Å². The minimum absolute atomic E-state index is 0.155. The predicted octanol–water partition coefficient (Wildman–Crippen LogP) is 3.30. The molecule has 2 rings (SSSR count). The van der Waals surface area contributed by atoms with Crippen LogP contribution in [0.25, 0.3) is 0 Å². The molecule has 0 unspecified atom stereocenters. The van der Waals surface area contributed by atoms with E-state index in [-0.39, 0.29) is 23.9 Å². The molecule has 0 aliphatic carbocycles. The molecule has 0 fully saturated rings. The second kappa shape index (κ2) is 12.5. The van der Waals surface area contributed by atoms with Crippen LogP contribution in [0.3, 0.4) is 0 Å². The van der Waals surface area contributed by atoms with E-state index in [9.17, 15) is 22.8 Å². The second-order valence-corrected chi connectivity index (χ2v) is 10.5. The van der Waals surface area contributed by atoms with E-state index in [1.165, 1.54) is 24.0 Å². The average molecular weight is 502 g/mol. The highest BCUT2D eigenvalue weighted by Gasteiger charge is 2.31. The van der Waals surface area contributed by atoms with E-state index < -0.39 is 28.5 Å². The molecule has 0 radical (unpaired) electrons. The van der Waals surface area contributed by atoms with E-state index in [1.807, 2.05) is 45.0 Å². The lowest BCUT2D eigenvalue weighted by molar-refractivity contribution is -0.140. The van der Waals surface area contributed by atoms with E-state index >= 15 is 0 Å². The number of sulfonamides is 1. The minimum atomic E-state index is -3.86. The van der Waals surface area contributed by atoms with Gasteiger partial charge in [0, 0.05) is 18.7 Å². The van der Waals surface area contributed by atoms with Gasteiger partial charge in [-0.2, -0.15) is 0 Å². The molecule has 1 atom stereocenters. The molecule has 2 aromatic carbocycles. The summed E-state index contributed by atoms with van der Waals surface area (Å²) in [7, 11) is -3.86. The molecule has 190 valence electrons. The Kier molecular flexibility index (Phi) is 10.0. The van der Waals surface area contributed by atoms with Crippen LogP contribution in [0.5, 0.6) is 0 Å². The molecule has 0 saturated carbocycles. The lowest BCUT2D eigenvalue weighted by Crippen LogP contribution is -2.52. The fourth-order valence-corrected chi connectivity index (χ4v) is 4.51. The molecule has 2 aromatic rings. The van der Waals surface area contributed by atoms with Gasteiger partial charge in [0.25, 0.3) is 0 Å². The van der Waals surface area contributed by atoms with Crippen molar-refractivity contribution in [2.45, 2.75) is 53.1 Å². The Hall–Kier alpha value is -3.20. The van der Waals surface area contributed by atoms with Crippen molar-refractivity contribution in [2.24, 2.45) is 0 Å². The summed E-state index contributed by atoms with van der Waals surface area (Å²) in [5.74, 6) is -1.01. The fraction of sp³-hybridized carbons (Fsp3) is 0.423.